The van der Waals surface area contributed by atoms with E-state index in [9.17, 15) is 10.1 Å². The summed E-state index contributed by atoms with van der Waals surface area (Å²) in [7, 11) is 0. The first-order valence-corrected chi connectivity index (χ1v) is 12.5. The largest absolute Gasteiger partial charge is 0.490 e. The van der Waals surface area contributed by atoms with Gasteiger partial charge in [0.1, 0.15) is 35.6 Å². The van der Waals surface area contributed by atoms with Crippen LogP contribution in [0.25, 0.3) is 6.08 Å². The van der Waals surface area contributed by atoms with Crippen molar-refractivity contribution >= 4 is 28.5 Å². The normalized spacial score (nSPS) is 11.2. The first-order valence-electron chi connectivity index (χ1n) is 11.7. The summed E-state index contributed by atoms with van der Waals surface area (Å²) in [4.78, 5) is 12.6. The van der Waals surface area contributed by atoms with E-state index in [1.807, 2.05) is 52.8 Å². The number of aromatic nitrogens is 2. The van der Waals surface area contributed by atoms with E-state index in [2.05, 4.69) is 21.6 Å². The minimum absolute atomic E-state index is 0.0609. The highest BCUT2D eigenvalue weighted by Crippen LogP contribution is 2.30. The Balaban J connectivity index is 1.66. The molecule has 0 saturated heterocycles. The second-order valence-corrected chi connectivity index (χ2v) is 9.34. The third-order valence-electron chi connectivity index (χ3n) is 5.03. The molecule has 0 fully saturated rings. The van der Waals surface area contributed by atoms with E-state index in [-0.39, 0.29) is 11.5 Å². The molecule has 3 rings (SSSR count). The lowest BCUT2D eigenvalue weighted by Gasteiger charge is -2.14. The number of hydrogen-bond donors (Lipinski definition) is 1. The zero-order valence-corrected chi connectivity index (χ0v) is 21.9. The van der Waals surface area contributed by atoms with Gasteiger partial charge >= 0.3 is 0 Å². The van der Waals surface area contributed by atoms with Crippen LogP contribution in [-0.2, 0) is 4.79 Å². The Bertz CT molecular complexity index is 1280. The molecule has 0 saturated carbocycles. The first kappa shape index (κ1) is 26.7. The van der Waals surface area contributed by atoms with Gasteiger partial charge in [-0.3, -0.25) is 10.1 Å². The van der Waals surface area contributed by atoms with Gasteiger partial charge in [0, 0.05) is 5.92 Å². The highest BCUT2D eigenvalue weighted by molar-refractivity contribution is 7.15. The van der Waals surface area contributed by atoms with Crippen molar-refractivity contribution in [3.63, 3.8) is 0 Å². The van der Waals surface area contributed by atoms with Crippen molar-refractivity contribution in [1.82, 2.24) is 10.2 Å². The van der Waals surface area contributed by atoms with Crippen molar-refractivity contribution in [2.45, 2.75) is 40.5 Å². The summed E-state index contributed by atoms with van der Waals surface area (Å²) in [6.45, 7) is 11.0. The number of benzene rings is 2. The molecule has 1 aromatic heterocycles. The van der Waals surface area contributed by atoms with Gasteiger partial charge in [0.15, 0.2) is 11.5 Å². The smallest absolute Gasteiger partial charge is 0.268 e. The summed E-state index contributed by atoms with van der Waals surface area (Å²) in [5.74, 6) is 1.55. The Labute approximate surface area is 215 Å². The van der Waals surface area contributed by atoms with E-state index in [4.69, 9.17) is 14.2 Å². The maximum Gasteiger partial charge on any atom is 0.268 e. The number of rotatable bonds is 11. The van der Waals surface area contributed by atoms with Crippen LogP contribution in [-0.4, -0.2) is 35.9 Å². The molecular formula is C27H30N4O4S. The number of nitriles is 1. The van der Waals surface area contributed by atoms with E-state index in [1.165, 1.54) is 23.0 Å². The zero-order valence-electron chi connectivity index (χ0n) is 21.1. The maximum absolute atomic E-state index is 12.6. The monoisotopic (exact) mass is 506 g/mol. The van der Waals surface area contributed by atoms with E-state index >= 15 is 0 Å². The molecule has 0 aliphatic carbocycles. The van der Waals surface area contributed by atoms with Crippen LogP contribution >= 0.6 is 11.3 Å². The average molecular weight is 507 g/mol. The minimum Gasteiger partial charge on any atom is -0.490 e. The summed E-state index contributed by atoms with van der Waals surface area (Å²) in [5, 5.41) is 21.4. The van der Waals surface area contributed by atoms with Gasteiger partial charge in [-0.25, -0.2) is 0 Å². The second kappa shape index (κ2) is 12.7. The van der Waals surface area contributed by atoms with Crippen LogP contribution in [0.1, 0.15) is 48.4 Å². The fraction of sp³-hybridized carbons (Fsp3) is 0.333. The maximum atomic E-state index is 12.6. The topological polar surface area (TPSA) is 106 Å². The number of anilines is 1. The van der Waals surface area contributed by atoms with Gasteiger partial charge in [-0.1, -0.05) is 48.9 Å². The fourth-order valence-corrected chi connectivity index (χ4v) is 4.01. The molecule has 188 valence electrons. The molecule has 8 nitrogen and oxygen atoms in total. The number of hydrogen-bond acceptors (Lipinski definition) is 8. The van der Waals surface area contributed by atoms with Crippen LogP contribution in [0.5, 0.6) is 17.2 Å². The number of amides is 1. The van der Waals surface area contributed by atoms with Gasteiger partial charge in [-0.2, -0.15) is 5.26 Å². The lowest BCUT2D eigenvalue weighted by molar-refractivity contribution is -0.112. The van der Waals surface area contributed by atoms with Crippen molar-refractivity contribution < 1.29 is 19.0 Å². The molecule has 36 heavy (non-hydrogen) atoms. The second-order valence-electron chi connectivity index (χ2n) is 8.33. The first-order chi connectivity index (χ1) is 17.3. The lowest BCUT2D eigenvalue weighted by Crippen LogP contribution is -2.13. The number of ether oxygens (including phenoxy) is 3. The number of carbonyl (C=O) groups is 1. The summed E-state index contributed by atoms with van der Waals surface area (Å²) in [5.41, 5.74) is 2.83. The van der Waals surface area contributed by atoms with Gasteiger partial charge in [0.2, 0.25) is 5.13 Å². The molecular weight excluding hydrogens is 476 g/mol. The molecule has 0 aliphatic heterocycles. The van der Waals surface area contributed by atoms with Crippen molar-refractivity contribution in [3.8, 4) is 23.3 Å². The molecule has 0 spiro atoms. The van der Waals surface area contributed by atoms with Crippen LogP contribution in [0.3, 0.4) is 0 Å². The summed E-state index contributed by atoms with van der Waals surface area (Å²) >= 11 is 1.29. The van der Waals surface area contributed by atoms with Crippen LogP contribution in [0.15, 0.2) is 42.0 Å². The van der Waals surface area contributed by atoms with Gasteiger partial charge in [0.25, 0.3) is 5.91 Å². The van der Waals surface area contributed by atoms with Crippen molar-refractivity contribution in [2.75, 3.05) is 25.1 Å². The molecule has 1 heterocycles. The Hall–Kier alpha value is -3.90. The van der Waals surface area contributed by atoms with Crippen molar-refractivity contribution in [1.29, 1.82) is 5.26 Å². The summed E-state index contributed by atoms with van der Waals surface area (Å²) in [6.07, 6.45) is 1.50. The van der Waals surface area contributed by atoms with Gasteiger partial charge in [-0.05, 0) is 56.2 Å². The standard InChI is InChI=1S/C27H30N4O4S/c1-6-33-24-15-20(14-21(16-28)25(32)29-27-31-30-26(36-27)17(2)3)8-10-23(24)35-12-11-34-22-9-7-18(4)13-19(22)5/h7-10,13-15,17H,6,11-12H2,1-5H3,(H,29,31,32)/b21-14-. The molecule has 2 aromatic carbocycles. The summed E-state index contributed by atoms with van der Waals surface area (Å²) < 4.78 is 17.4. The zero-order chi connectivity index (χ0) is 26.1. The Morgan fingerprint density at radius 3 is 2.42 bits per heavy atom. The van der Waals surface area contributed by atoms with E-state index in [0.717, 1.165) is 16.3 Å². The van der Waals surface area contributed by atoms with Gasteiger partial charge < -0.3 is 14.2 Å². The number of aryl methyl sites for hydroxylation is 2. The van der Waals surface area contributed by atoms with Crippen LogP contribution in [0, 0.1) is 25.2 Å². The molecule has 1 amide bonds. The van der Waals surface area contributed by atoms with Crippen LogP contribution < -0.4 is 19.5 Å². The Morgan fingerprint density at radius 2 is 1.78 bits per heavy atom. The van der Waals surface area contributed by atoms with Crippen molar-refractivity contribution in [3.05, 3.63) is 63.7 Å². The van der Waals surface area contributed by atoms with Gasteiger partial charge in [0.05, 0.1) is 6.61 Å². The predicted molar refractivity (Wildman–Crippen MR) is 141 cm³/mol. The minimum atomic E-state index is -0.550. The van der Waals surface area contributed by atoms with Crippen molar-refractivity contribution in [2.24, 2.45) is 0 Å². The summed E-state index contributed by atoms with van der Waals surface area (Å²) in [6, 6.07) is 13.2. The van der Waals surface area contributed by atoms with E-state index in [0.29, 0.717) is 42.0 Å². The molecule has 0 atom stereocenters. The average Bonchev–Trinajstić information content (AvgIpc) is 3.31. The molecule has 1 N–H and O–H groups in total. The third-order valence-corrected chi connectivity index (χ3v) is 6.17. The third kappa shape index (κ3) is 7.30. The van der Waals surface area contributed by atoms with Gasteiger partial charge in [-0.15, -0.1) is 10.2 Å². The molecule has 0 aliphatic rings. The van der Waals surface area contributed by atoms with Crippen LogP contribution in [0.2, 0.25) is 0 Å². The highest BCUT2D eigenvalue weighted by atomic mass is 32.1. The Kier molecular flexibility index (Phi) is 9.42. The van der Waals surface area contributed by atoms with E-state index < -0.39 is 5.91 Å². The highest BCUT2D eigenvalue weighted by Gasteiger charge is 2.15. The number of nitrogens with zero attached hydrogens (tertiary/aromatic N) is 3. The quantitative estimate of drug-likeness (QED) is 0.203. The number of carbonyl (C=O) groups excluding carboxylic acids is 1. The molecule has 3 aromatic rings. The lowest BCUT2D eigenvalue weighted by atomic mass is 10.1. The number of nitrogens with one attached hydrogen (secondary N) is 1. The molecule has 0 bridgehead atoms. The SMILES string of the molecule is CCOc1cc(/C=C(/C#N)C(=O)Nc2nnc(C(C)C)s2)ccc1OCCOc1ccc(C)cc1C. The molecule has 9 heteroatoms. The van der Waals surface area contributed by atoms with Crippen LogP contribution in [0.4, 0.5) is 5.13 Å². The predicted octanol–water partition coefficient (Wildman–Crippen LogP) is 5.68. The molecule has 0 unspecified atom stereocenters. The Morgan fingerprint density at radius 1 is 1.06 bits per heavy atom. The fourth-order valence-electron chi connectivity index (χ4n) is 3.26. The van der Waals surface area contributed by atoms with E-state index in [1.54, 1.807) is 18.2 Å². The molecule has 0 radical (unpaired) electrons.